The Bertz CT molecular complexity index is 553. The summed E-state index contributed by atoms with van der Waals surface area (Å²) in [6, 6.07) is 0.148. The second-order valence-corrected chi connectivity index (χ2v) is 7.76. The van der Waals surface area contributed by atoms with Crippen LogP contribution in [0.4, 0.5) is 5.95 Å². The zero-order valence-electron chi connectivity index (χ0n) is 12.9. The predicted molar refractivity (Wildman–Crippen MR) is 82.6 cm³/mol. The summed E-state index contributed by atoms with van der Waals surface area (Å²) in [5.74, 6) is 0.768. The van der Waals surface area contributed by atoms with Gasteiger partial charge in [0.25, 0.3) is 0 Å². The highest BCUT2D eigenvalue weighted by Gasteiger charge is 2.38. The van der Waals surface area contributed by atoms with Crippen molar-refractivity contribution in [2.45, 2.75) is 51.0 Å². The highest BCUT2D eigenvalue weighted by atomic mass is 32.2. The number of anilines is 1. The van der Waals surface area contributed by atoms with Crippen LogP contribution in [0.25, 0.3) is 0 Å². The minimum Gasteiger partial charge on any atom is -0.354 e. The van der Waals surface area contributed by atoms with Crippen molar-refractivity contribution in [1.82, 2.24) is 14.3 Å². The van der Waals surface area contributed by atoms with Gasteiger partial charge in [-0.1, -0.05) is 20.8 Å². The van der Waals surface area contributed by atoms with Crippen LogP contribution < -0.4 is 5.32 Å². The zero-order chi connectivity index (χ0) is 15.5. The maximum atomic E-state index is 12.7. The molecule has 1 aromatic rings. The second kappa shape index (κ2) is 6.70. The minimum absolute atomic E-state index is 0.148. The lowest BCUT2D eigenvalue weighted by molar-refractivity contribution is 0.360. The molecule has 1 N–H and O–H groups in total. The summed E-state index contributed by atoms with van der Waals surface area (Å²) in [5, 5.41) is 3.04. The first-order valence-electron chi connectivity index (χ1n) is 7.53. The topological polar surface area (TPSA) is 75.2 Å². The van der Waals surface area contributed by atoms with Gasteiger partial charge >= 0.3 is 0 Å². The van der Waals surface area contributed by atoms with Crippen molar-refractivity contribution in [3.8, 4) is 0 Å². The smallest absolute Gasteiger partial charge is 0.246 e. The van der Waals surface area contributed by atoms with Crippen molar-refractivity contribution >= 4 is 16.0 Å². The molecule has 7 heteroatoms. The lowest BCUT2D eigenvalue weighted by Crippen LogP contribution is -2.36. The fraction of sp³-hybridized carbons (Fsp3) is 0.714. The monoisotopic (exact) mass is 312 g/mol. The van der Waals surface area contributed by atoms with Gasteiger partial charge in [0.05, 0.1) is 12.4 Å². The molecule has 0 aliphatic heterocycles. The fourth-order valence-corrected chi connectivity index (χ4v) is 3.82. The van der Waals surface area contributed by atoms with Crippen molar-refractivity contribution in [2.24, 2.45) is 5.92 Å². The van der Waals surface area contributed by atoms with Gasteiger partial charge in [0.1, 0.15) is 4.90 Å². The molecule has 0 radical (unpaired) electrons. The van der Waals surface area contributed by atoms with E-state index in [-0.39, 0.29) is 10.9 Å². The van der Waals surface area contributed by atoms with Crippen LogP contribution in [-0.4, -0.2) is 41.8 Å². The van der Waals surface area contributed by atoms with Crippen molar-refractivity contribution in [3.05, 3.63) is 12.4 Å². The van der Waals surface area contributed by atoms with Crippen LogP contribution in [0.15, 0.2) is 17.3 Å². The number of hydrogen-bond acceptors (Lipinski definition) is 5. The van der Waals surface area contributed by atoms with Gasteiger partial charge in [-0.3, -0.25) is 0 Å². The quantitative estimate of drug-likeness (QED) is 0.795. The Labute approximate surface area is 127 Å². The van der Waals surface area contributed by atoms with Crippen molar-refractivity contribution in [3.63, 3.8) is 0 Å². The van der Waals surface area contributed by atoms with Crippen LogP contribution in [0, 0.1) is 5.92 Å². The molecule has 0 atom stereocenters. The van der Waals surface area contributed by atoms with Crippen molar-refractivity contribution in [2.75, 3.05) is 18.4 Å². The predicted octanol–water partition coefficient (Wildman–Crippen LogP) is 2.11. The summed E-state index contributed by atoms with van der Waals surface area (Å²) in [6.45, 7) is 7.42. The van der Waals surface area contributed by atoms with E-state index in [1.165, 1.54) is 12.4 Å². The Hall–Kier alpha value is -1.21. The van der Waals surface area contributed by atoms with Gasteiger partial charge in [-0.2, -0.15) is 4.31 Å². The molecule has 21 heavy (non-hydrogen) atoms. The molecule has 0 unspecified atom stereocenters. The van der Waals surface area contributed by atoms with Gasteiger partial charge < -0.3 is 5.32 Å². The van der Waals surface area contributed by atoms with Crippen LogP contribution in [-0.2, 0) is 10.0 Å². The Morgan fingerprint density at radius 1 is 1.33 bits per heavy atom. The first-order chi connectivity index (χ1) is 9.95. The lowest BCUT2D eigenvalue weighted by Gasteiger charge is -2.23. The Kier molecular flexibility index (Phi) is 5.16. The molecule has 0 amide bonds. The van der Waals surface area contributed by atoms with E-state index in [4.69, 9.17) is 0 Å². The van der Waals surface area contributed by atoms with E-state index >= 15 is 0 Å². The van der Waals surface area contributed by atoms with Gasteiger partial charge in [0.2, 0.25) is 16.0 Å². The summed E-state index contributed by atoms with van der Waals surface area (Å²) < 4.78 is 27.0. The van der Waals surface area contributed by atoms with E-state index in [9.17, 15) is 8.42 Å². The van der Waals surface area contributed by atoms with Gasteiger partial charge in [-0.05, 0) is 25.2 Å². The minimum atomic E-state index is -3.49. The molecule has 118 valence electrons. The Morgan fingerprint density at radius 3 is 2.43 bits per heavy atom. The molecule has 0 spiro atoms. The number of hydrogen-bond donors (Lipinski definition) is 1. The maximum absolute atomic E-state index is 12.7. The van der Waals surface area contributed by atoms with Crippen LogP contribution >= 0.6 is 0 Å². The molecule has 1 heterocycles. The van der Waals surface area contributed by atoms with E-state index in [1.807, 2.05) is 20.8 Å². The molecule has 1 aliphatic rings. The first-order valence-corrected chi connectivity index (χ1v) is 8.97. The van der Waals surface area contributed by atoms with Crippen LogP contribution in [0.2, 0.25) is 0 Å². The van der Waals surface area contributed by atoms with E-state index in [2.05, 4.69) is 15.3 Å². The number of aromatic nitrogens is 2. The SMILES string of the molecule is CCCNc1ncc(S(=O)(=O)N(CC(C)C)C2CC2)cn1. The standard InChI is InChI=1S/C14H24N4O2S/c1-4-7-15-14-16-8-13(9-17-14)21(19,20)18(10-11(2)3)12-5-6-12/h8-9,11-12H,4-7,10H2,1-3H3,(H,15,16,17). The average molecular weight is 312 g/mol. The molecule has 1 aromatic heterocycles. The molecule has 0 saturated heterocycles. The van der Waals surface area contributed by atoms with Gasteiger partial charge in [-0.25, -0.2) is 18.4 Å². The average Bonchev–Trinajstić information content (AvgIpc) is 3.27. The molecule has 0 aromatic carbocycles. The number of nitrogens with zero attached hydrogens (tertiary/aromatic N) is 3. The summed E-state index contributed by atoms with van der Waals surface area (Å²) in [6.07, 6.45) is 5.66. The van der Waals surface area contributed by atoms with E-state index in [1.54, 1.807) is 4.31 Å². The largest absolute Gasteiger partial charge is 0.354 e. The zero-order valence-corrected chi connectivity index (χ0v) is 13.7. The second-order valence-electron chi connectivity index (χ2n) is 5.87. The fourth-order valence-electron chi connectivity index (χ4n) is 2.08. The van der Waals surface area contributed by atoms with Gasteiger partial charge in [0, 0.05) is 19.1 Å². The highest BCUT2D eigenvalue weighted by Crippen LogP contribution is 2.32. The van der Waals surface area contributed by atoms with Crippen molar-refractivity contribution in [1.29, 1.82) is 0 Å². The summed E-state index contributed by atoms with van der Waals surface area (Å²) >= 11 is 0. The normalized spacial score (nSPS) is 15.7. The molecule has 1 aliphatic carbocycles. The molecule has 0 bridgehead atoms. The first kappa shape index (κ1) is 16.2. The third kappa shape index (κ3) is 4.14. The Morgan fingerprint density at radius 2 is 1.95 bits per heavy atom. The van der Waals surface area contributed by atoms with Crippen LogP contribution in [0.5, 0.6) is 0 Å². The third-order valence-corrected chi connectivity index (χ3v) is 5.14. The summed E-state index contributed by atoms with van der Waals surface area (Å²) in [7, 11) is -3.49. The number of sulfonamides is 1. The summed E-state index contributed by atoms with van der Waals surface area (Å²) in [5.41, 5.74) is 0. The lowest BCUT2D eigenvalue weighted by atomic mass is 10.2. The van der Waals surface area contributed by atoms with E-state index in [0.29, 0.717) is 18.4 Å². The molecular weight excluding hydrogens is 288 g/mol. The number of rotatable bonds is 8. The van der Waals surface area contributed by atoms with E-state index < -0.39 is 10.0 Å². The summed E-state index contributed by atoms with van der Waals surface area (Å²) in [4.78, 5) is 8.37. The molecule has 1 fully saturated rings. The van der Waals surface area contributed by atoms with Gasteiger partial charge in [-0.15, -0.1) is 0 Å². The highest BCUT2D eigenvalue weighted by molar-refractivity contribution is 7.89. The Balaban J connectivity index is 2.17. The molecule has 2 rings (SSSR count). The van der Waals surface area contributed by atoms with E-state index in [0.717, 1.165) is 25.8 Å². The maximum Gasteiger partial charge on any atom is 0.246 e. The molecule has 6 nitrogen and oxygen atoms in total. The van der Waals surface area contributed by atoms with Crippen LogP contribution in [0.1, 0.15) is 40.0 Å². The molecule has 1 saturated carbocycles. The van der Waals surface area contributed by atoms with Gasteiger partial charge in [0.15, 0.2) is 0 Å². The van der Waals surface area contributed by atoms with Crippen molar-refractivity contribution < 1.29 is 8.42 Å². The van der Waals surface area contributed by atoms with Crippen LogP contribution in [0.3, 0.4) is 0 Å². The molecular formula is C14H24N4O2S. The number of nitrogens with one attached hydrogen (secondary N) is 1. The third-order valence-electron chi connectivity index (χ3n) is 3.27.